The van der Waals surface area contributed by atoms with Crippen molar-refractivity contribution in [2.75, 3.05) is 32.1 Å². The van der Waals surface area contributed by atoms with E-state index in [1.54, 1.807) is 13.2 Å². The van der Waals surface area contributed by atoms with Crippen LogP contribution in [0.5, 0.6) is 5.88 Å². The van der Waals surface area contributed by atoms with Gasteiger partial charge in [-0.1, -0.05) is 0 Å². The van der Waals surface area contributed by atoms with Crippen LogP contribution in [0.15, 0.2) is 6.07 Å². The summed E-state index contributed by atoms with van der Waals surface area (Å²) in [5.41, 5.74) is 0.805. The molecule has 1 fully saturated rings. The van der Waals surface area contributed by atoms with E-state index in [4.69, 9.17) is 4.74 Å². The summed E-state index contributed by atoms with van der Waals surface area (Å²) in [7, 11) is 1.56. The van der Waals surface area contributed by atoms with Gasteiger partial charge in [-0.25, -0.2) is 4.98 Å². The van der Waals surface area contributed by atoms with E-state index in [0.29, 0.717) is 11.8 Å². The van der Waals surface area contributed by atoms with Crippen molar-refractivity contribution in [3.8, 4) is 5.88 Å². The van der Waals surface area contributed by atoms with Gasteiger partial charge in [0.2, 0.25) is 17.7 Å². The molecule has 0 unspecified atom stereocenters. The quantitative estimate of drug-likeness (QED) is 0.885. The summed E-state index contributed by atoms with van der Waals surface area (Å²) >= 11 is 0. The largest absolute Gasteiger partial charge is 0.481 e. The number of ether oxygens (including phenoxy) is 1. The smallest absolute Gasteiger partial charge is 0.241 e. The standard InChI is InChI=1S/C13H20N4O2/c1-10-8-11(19-2)16-13(15-10)14-9-12(18)17-6-4-3-5-7-17/h8H,3-7,9H2,1-2H3,(H,14,15,16). The third-order valence-corrected chi connectivity index (χ3v) is 3.15. The number of aromatic nitrogens is 2. The number of carbonyl (C=O) groups is 1. The van der Waals surface area contributed by atoms with Crippen LogP contribution >= 0.6 is 0 Å². The average Bonchev–Trinajstić information content (AvgIpc) is 2.45. The number of hydrogen-bond acceptors (Lipinski definition) is 5. The molecule has 2 rings (SSSR count). The fraction of sp³-hybridized carbons (Fsp3) is 0.615. The molecule has 6 heteroatoms. The van der Waals surface area contributed by atoms with Gasteiger partial charge >= 0.3 is 0 Å². The monoisotopic (exact) mass is 264 g/mol. The van der Waals surface area contributed by atoms with Crippen molar-refractivity contribution < 1.29 is 9.53 Å². The molecule has 1 N–H and O–H groups in total. The lowest BCUT2D eigenvalue weighted by Crippen LogP contribution is -2.39. The lowest BCUT2D eigenvalue weighted by Gasteiger charge is -2.26. The molecule has 0 aliphatic carbocycles. The van der Waals surface area contributed by atoms with Crippen LogP contribution in [0.3, 0.4) is 0 Å². The molecule has 0 radical (unpaired) electrons. The topological polar surface area (TPSA) is 67.3 Å². The lowest BCUT2D eigenvalue weighted by molar-refractivity contribution is -0.130. The Morgan fingerprint density at radius 2 is 2.11 bits per heavy atom. The van der Waals surface area contributed by atoms with Crippen LogP contribution in [0, 0.1) is 6.92 Å². The molecule has 1 aromatic rings. The summed E-state index contributed by atoms with van der Waals surface area (Å²) in [4.78, 5) is 22.3. The molecule has 1 aromatic heterocycles. The predicted octanol–water partition coefficient (Wildman–Crippen LogP) is 1.22. The Labute approximate surface area is 113 Å². The summed E-state index contributed by atoms with van der Waals surface area (Å²) < 4.78 is 5.07. The van der Waals surface area contributed by atoms with Gasteiger partial charge in [0, 0.05) is 24.8 Å². The van der Waals surface area contributed by atoms with Gasteiger partial charge in [0.1, 0.15) is 0 Å². The van der Waals surface area contributed by atoms with Gasteiger partial charge in [-0.15, -0.1) is 0 Å². The number of anilines is 1. The molecule has 19 heavy (non-hydrogen) atoms. The molecule has 2 heterocycles. The van der Waals surface area contributed by atoms with Gasteiger partial charge in [0.25, 0.3) is 0 Å². The maximum absolute atomic E-state index is 12.0. The second kappa shape index (κ2) is 6.36. The molecule has 6 nitrogen and oxygen atoms in total. The minimum absolute atomic E-state index is 0.101. The Balaban J connectivity index is 1.90. The number of likely N-dealkylation sites (tertiary alicyclic amines) is 1. The first kappa shape index (κ1) is 13.6. The molecule has 1 aliphatic rings. The number of nitrogens with one attached hydrogen (secondary N) is 1. The highest BCUT2D eigenvalue weighted by atomic mass is 16.5. The van der Waals surface area contributed by atoms with Crippen LogP contribution in [-0.4, -0.2) is 47.5 Å². The number of aryl methyl sites for hydroxylation is 1. The van der Waals surface area contributed by atoms with Gasteiger partial charge < -0.3 is 15.0 Å². The van der Waals surface area contributed by atoms with E-state index in [9.17, 15) is 4.79 Å². The van der Waals surface area contributed by atoms with E-state index < -0.39 is 0 Å². The zero-order valence-electron chi connectivity index (χ0n) is 11.5. The first-order valence-corrected chi connectivity index (χ1v) is 6.60. The normalized spacial score (nSPS) is 15.2. The molecule has 1 aliphatic heterocycles. The fourth-order valence-electron chi connectivity index (χ4n) is 2.13. The maximum Gasteiger partial charge on any atom is 0.241 e. The van der Waals surface area contributed by atoms with Crippen LogP contribution in [0.4, 0.5) is 5.95 Å². The van der Waals surface area contributed by atoms with Crippen LogP contribution in [0.1, 0.15) is 25.0 Å². The lowest BCUT2D eigenvalue weighted by atomic mass is 10.1. The summed E-state index contributed by atoms with van der Waals surface area (Å²) in [5.74, 6) is 1.03. The predicted molar refractivity (Wildman–Crippen MR) is 72.2 cm³/mol. The highest BCUT2D eigenvalue weighted by Crippen LogP contribution is 2.12. The molecule has 0 aromatic carbocycles. The van der Waals surface area contributed by atoms with Crippen molar-refractivity contribution in [1.82, 2.24) is 14.9 Å². The minimum atomic E-state index is 0.101. The first-order chi connectivity index (χ1) is 9.19. The molecule has 1 amide bonds. The third kappa shape index (κ3) is 3.81. The molecule has 0 atom stereocenters. The zero-order chi connectivity index (χ0) is 13.7. The summed E-state index contributed by atoms with van der Waals surface area (Å²) in [6.45, 7) is 3.81. The Morgan fingerprint density at radius 1 is 1.37 bits per heavy atom. The van der Waals surface area contributed by atoms with Crippen LogP contribution in [0.2, 0.25) is 0 Å². The Hall–Kier alpha value is -1.85. The Morgan fingerprint density at radius 3 is 2.79 bits per heavy atom. The summed E-state index contributed by atoms with van der Waals surface area (Å²) in [5, 5.41) is 2.96. The first-order valence-electron chi connectivity index (χ1n) is 6.60. The molecule has 1 saturated heterocycles. The molecular weight excluding hydrogens is 244 g/mol. The number of rotatable bonds is 4. The Bertz CT molecular complexity index is 444. The van der Waals surface area contributed by atoms with Gasteiger partial charge in [-0.3, -0.25) is 4.79 Å². The minimum Gasteiger partial charge on any atom is -0.481 e. The van der Waals surface area contributed by atoms with Crippen molar-refractivity contribution in [3.63, 3.8) is 0 Å². The number of nitrogens with zero attached hydrogens (tertiary/aromatic N) is 3. The second-order valence-corrected chi connectivity index (χ2v) is 4.67. The third-order valence-electron chi connectivity index (χ3n) is 3.15. The van der Waals surface area contributed by atoms with Gasteiger partial charge in [0.15, 0.2) is 0 Å². The second-order valence-electron chi connectivity index (χ2n) is 4.67. The molecule has 0 bridgehead atoms. The van der Waals surface area contributed by atoms with E-state index in [1.165, 1.54) is 6.42 Å². The average molecular weight is 264 g/mol. The number of amides is 1. The van der Waals surface area contributed by atoms with Gasteiger partial charge in [0.05, 0.1) is 13.7 Å². The van der Waals surface area contributed by atoms with Crippen molar-refractivity contribution in [2.24, 2.45) is 0 Å². The molecule has 104 valence electrons. The van der Waals surface area contributed by atoms with Gasteiger partial charge in [-0.2, -0.15) is 4.98 Å². The zero-order valence-corrected chi connectivity index (χ0v) is 11.5. The van der Waals surface area contributed by atoms with E-state index in [-0.39, 0.29) is 12.5 Å². The van der Waals surface area contributed by atoms with E-state index in [1.807, 2.05) is 11.8 Å². The number of hydrogen-bond donors (Lipinski definition) is 1. The molecular formula is C13H20N4O2. The van der Waals surface area contributed by atoms with Crippen molar-refractivity contribution in [1.29, 1.82) is 0 Å². The SMILES string of the molecule is COc1cc(C)nc(NCC(=O)N2CCCCC2)n1. The van der Waals surface area contributed by atoms with Crippen LogP contribution in [0.25, 0.3) is 0 Å². The van der Waals surface area contributed by atoms with Crippen LogP contribution < -0.4 is 10.1 Å². The number of piperidine rings is 1. The summed E-state index contributed by atoms with van der Waals surface area (Å²) in [6, 6.07) is 1.75. The van der Waals surface area contributed by atoms with Crippen molar-refractivity contribution >= 4 is 11.9 Å². The van der Waals surface area contributed by atoms with E-state index in [0.717, 1.165) is 31.6 Å². The van der Waals surface area contributed by atoms with E-state index in [2.05, 4.69) is 15.3 Å². The highest BCUT2D eigenvalue weighted by molar-refractivity contribution is 5.80. The molecule has 0 spiro atoms. The molecule has 0 saturated carbocycles. The highest BCUT2D eigenvalue weighted by Gasteiger charge is 2.16. The van der Waals surface area contributed by atoms with Crippen LogP contribution in [-0.2, 0) is 4.79 Å². The van der Waals surface area contributed by atoms with Crippen molar-refractivity contribution in [2.45, 2.75) is 26.2 Å². The maximum atomic E-state index is 12.0. The fourth-order valence-corrected chi connectivity index (χ4v) is 2.13. The Kier molecular flexibility index (Phi) is 4.54. The summed E-state index contributed by atoms with van der Waals surface area (Å²) in [6.07, 6.45) is 3.41. The van der Waals surface area contributed by atoms with Gasteiger partial charge in [-0.05, 0) is 26.2 Å². The van der Waals surface area contributed by atoms with E-state index >= 15 is 0 Å². The number of carbonyl (C=O) groups excluding carboxylic acids is 1. The number of methoxy groups -OCH3 is 1. The van der Waals surface area contributed by atoms with Crippen molar-refractivity contribution in [3.05, 3.63) is 11.8 Å².